The van der Waals surface area contributed by atoms with E-state index in [1.807, 2.05) is 12.1 Å². The molecule has 1 aliphatic carbocycles. The average molecular weight is 199 g/mol. The van der Waals surface area contributed by atoms with E-state index in [2.05, 4.69) is 16.0 Å². The molecule has 2 fully saturated rings. The summed E-state index contributed by atoms with van der Waals surface area (Å²) in [5.74, 6) is 0.849. The molecule has 1 aromatic rings. The zero-order chi connectivity index (χ0) is 10.3. The molecule has 2 heterocycles. The standard InChI is InChI=1S/C12H13N3/c13-7-11-12(2-1-5-14-11)15-8-9-3-4-10(15)6-9/h1-2,5,9-10H,3-4,6,8H2. The third-order valence-corrected chi connectivity index (χ3v) is 3.61. The molecule has 3 nitrogen and oxygen atoms in total. The van der Waals surface area contributed by atoms with Crippen LogP contribution in [0.4, 0.5) is 5.69 Å². The van der Waals surface area contributed by atoms with Crippen LogP contribution < -0.4 is 4.90 Å². The van der Waals surface area contributed by atoms with Gasteiger partial charge in [-0.2, -0.15) is 5.26 Å². The van der Waals surface area contributed by atoms with E-state index in [-0.39, 0.29) is 0 Å². The Morgan fingerprint density at radius 1 is 1.47 bits per heavy atom. The number of anilines is 1. The van der Waals surface area contributed by atoms with Crippen molar-refractivity contribution < 1.29 is 0 Å². The zero-order valence-corrected chi connectivity index (χ0v) is 8.56. The predicted octanol–water partition coefficient (Wildman–Crippen LogP) is 1.94. The first-order valence-corrected chi connectivity index (χ1v) is 5.50. The number of aromatic nitrogens is 1. The Bertz CT molecular complexity index is 421. The van der Waals surface area contributed by atoms with E-state index >= 15 is 0 Å². The molecular weight excluding hydrogens is 186 g/mol. The first-order chi connectivity index (χ1) is 7.38. The fraction of sp³-hybridized carbons (Fsp3) is 0.500. The summed E-state index contributed by atoms with van der Waals surface area (Å²) in [6.07, 6.45) is 5.64. The highest BCUT2D eigenvalue weighted by Crippen LogP contribution is 2.40. The smallest absolute Gasteiger partial charge is 0.163 e. The molecule has 1 aliphatic heterocycles. The molecule has 2 bridgehead atoms. The van der Waals surface area contributed by atoms with Gasteiger partial charge in [0.25, 0.3) is 0 Å². The minimum absolute atomic E-state index is 0.574. The molecule has 0 spiro atoms. The van der Waals surface area contributed by atoms with Gasteiger partial charge >= 0.3 is 0 Å². The van der Waals surface area contributed by atoms with Crippen molar-refractivity contribution in [3.63, 3.8) is 0 Å². The molecule has 1 aromatic heterocycles. The molecule has 3 heteroatoms. The summed E-state index contributed by atoms with van der Waals surface area (Å²) in [7, 11) is 0. The molecule has 0 radical (unpaired) electrons. The van der Waals surface area contributed by atoms with E-state index in [9.17, 15) is 0 Å². The predicted molar refractivity (Wildman–Crippen MR) is 57.4 cm³/mol. The number of piperidine rings is 1. The number of nitriles is 1. The third-order valence-electron chi connectivity index (χ3n) is 3.61. The maximum absolute atomic E-state index is 9.01. The zero-order valence-electron chi connectivity index (χ0n) is 8.56. The van der Waals surface area contributed by atoms with Gasteiger partial charge < -0.3 is 4.90 Å². The number of hydrogen-bond donors (Lipinski definition) is 0. The highest BCUT2D eigenvalue weighted by molar-refractivity contribution is 5.57. The maximum Gasteiger partial charge on any atom is 0.163 e. The Labute approximate surface area is 89.3 Å². The minimum atomic E-state index is 0.574. The summed E-state index contributed by atoms with van der Waals surface area (Å²) in [6, 6.07) is 6.78. The van der Waals surface area contributed by atoms with Crippen LogP contribution in [0.3, 0.4) is 0 Å². The lowest BCUT2D eigenvalue weighted by molar-refractivity contribution is 0.553. The van der Waals surface area contributed by atoms with Crippen LogP contribution in [-0.4, -0.2) is 17.6 Å². The van der Waals surface area contributed by atoms with Crippen LogP contribution in [0.1, 0.15) is 25.0 Å². The van der Waals surface area contributed by atoms with Crippen molar-refractivity contribution in [2.75, 3.05) is 11.4 Å². The van der Waals surface area contributed by atoms with Gasteiger partial charge in [0.05, 0.1) is 5.69 Å². The SMILES string of the molecule is N#Cc1ncccc1N1CC2CCC1C2. The summed E-state index contributed by atoms with van der Waals surface area (Å²) in [5.41, 5.74) is 1.61. The van der Waals surface area contributed by atoms with Gasteiger partial charge in [-0.05, 0) is 37.3 Å². The van der Waals surface area contributed by atoms with Gasteiger partial charge in [0.2, 0.25) is 0 Å². The van der Waals surface area contributed by atoms with Crippen molar-refractivity contribution in [1.82, 2.24) is 4.98 Å². The lowest BCUT2D eigenvalue weighted by Gasteiger charge is -2.29. The number of nitrogens with zero attached hydrogens (tertiary/aromatic N) is 3. The van der Waals surface area contributed by atoms with Crippen LogP contribution in [-0.2, 0) is 0 Å². The van der Waals surface area contributed by atoms with Crippen LogP contribution in [0.5, 0.6) is 0 Å². The number of pyridine rings is 1. The Morgan fingerprint density at radius 3 is 3.07 bits per heavy atom. The van der Waals surface area contributed by atoms with Crippen LogP contribution in [0, 0.1) is 17.2 Å². The average Bonchev–Trinajstić information content (AvgIpc) is 2.90. The second kappa shape index (κ2) is 3.23. The highest BCUT2D eigenvalue weighted by atomic mass is 15.2. The van der Waals surface area contributed by atoms with Gasteiger partial charge in [0, 0.05) is 18.8 Å². The van der Waals surface area contributed by atoms with Gasteiger partial charge in [-0.25, -0.2) is 4.98 Å². The molecule has 0 amide bonds. The van der Waals surface area contributed by atoms with E-state index in [1.54, 1.807) is 6.20 Å². The molecule has 2 unspecified atom stereocenters. The molecule has 0 N–H and O–H groups in total. The Hall–Kier alpha value is -1.56. The molecule has 1 saturated heterocycles. The molecule has 0 aromatic carbocycles. The highest BCUT2D eigenvalue weighted by Gasteiger charge is 2.38. The second-order valence-electron chi connectivity index (χ2n) is 4.47. The van der Waals surface area contributed by atoms with E-state index in [1.165, 1.54) is 19.3 Å². The van der Waals surface area contributed by atoms with Crippen molar-refractivity contribution in [2.45, 2.75) is 25.3 Å². The Morgan fingerprint density at radius 2 is 2.40 bits per heavy atom. The topological polar surface area (TPSA) is 39.9 Å². The fourth-order valence-electron chi connectivity index (χ4n) is 2.93. The van der Waals surface area contributed by atoms with Crippen molar-refractivity contribution >= 4 is 5.69 Å². The van der Waals surface area contributed by atoms with Gasteiger partial charge in [-0.15, -0.1) is 0 Å². The summed E-state index contributed by atoms with van der Waals surface area (Å²) >= 11 is 0. The van der Waals surface area contributed by atoms with Crippen LogP contribution in [0.2, 0.25) is 0 Å². The molecule has 2 atom stereocenters. The summed E-state index contributed by atoms with van der Waals surface area (Å²) < 4.78 is 0. The lowest BCUT2D eigenvalue weighted by atomic mass is 10.1. The molecule has 3 rings (SSSR count). The number of rotatable bonds is 1. The minimum Gasteiger partial charge on any atom is -0.366 e. The summed E-state index contributed by atoms with van der Waals surface area (Å²) in [6.45, 7) is 1.12. The second-order valence-corrected chi connectivity index (χ2v) is 4.47. The fourth-order valence-corrected chi connectivity index (χ4v) is 2.93. The van der Waals surface area contributed by atoms with Crippen LogP contribution in [0.15, 0.2) is 18.3 Å². The lowest BCUT2D eigenvalue weighted by Crippen LogP contribution is -2.32. The normalized spacial score (nSPS) is 28.1. The maximum atomic E-state index is 9.01. The van der Waals surface area contributed by atoms with Crippen LogP contribution >= 0.6 is 0 Å². The van der Waals surface area contributed by atoms with Gasteiger partial charge in [-0.1, -0.05) is 0 Å². The first kappa shape index (κ1) is 8.72. The van der Waals surface area contributed by atoms with E-state index in [0.29, 0.717) is 11.7 Å². The monoisotopic (exact) mass is 199 g/mol. The van der Waals surface area contributed by atoms with Crippen LogP contribution in [0.25, 0.3) is 0 Å². The van der Waals surface area contributed by atoms with Crippen molar-refractivity contribution in [1.29, 1.82) is 5.26 Å². The molecule has 15 heavy (non-hydrogen) atoms. The summed E-state index contributed by atoms with van der Waals surface area (Å²) in [5, 5.41) is 9.01. The molecule has 76 valence electrons. The quantitative estimate of drug-likeness (QED) is 0.694. The van der Waals surface area contributed by atoms with Gasteiger partial charge in [0.15, 0.2) is 5.69 Å². The largest absolute Gasteiger partial charge is 0.366 e. The first-order valence-electron chi connectivity index (χ1n) is 5.50. The van der Waals surface area contributed by atoms with Crippen molar-refractivity contribution in [3.05, 3.63) is 24.0 Å². The molecule has 1 saturated carbocycles. The van der Waals surface area contributed by atoms with E-state index < -0.39 is 0 Å². The molecule has 2 aliphatic rings. The van der Waals surface area contributed by atoms with Crippen molar-refractivity contribution in [2.24, 2.45) is 5.92 Å². The molecular formula is C12H13N3. The van der Waals surface area contributed by atoms with E-state index in [0.717, 1.165) is 18.2 Å². The third kappa shape index (κ3) is 1.29. The summed E-state index contributed by atoms with van der Waals surface area (Å²) in [4.78, 5) is 6.50. The van der Waals surface area contributed by atoms with Gasteiger partial charge in [0.1, 0.15) is 6.07 Å². The Kier molecular flexibility index (Phi) is 1.88. The number of hydrogen-bond acceptors (Lipinski definition) is 3. The van der Waals surface area contributed by atoms with Gasteiger partial charge in [-0.3, -0.25) is 0 Å². The van der Waals surface area contributed by atoms with Crippen molar-refractivity contribution in [3.8, 4) is 6.07 Å². The van der Waals surface area contributed by atoms with E-state index in [4.69, 9.17) is 5.26 Å². The number of fused-ring (bicyclic) bond motifs is 2. The Balaban J connectivity index is 1.97.